The molecule has 1 rings (SSSR count). The van der Waals surface area contributed by atoms with E-state index < -0.39 is 0 Å². The Balaban J connectivity index is 2.64. The Morgan fingerprint density at radius 1 is 1.56 bits per heavy atom. The Kier molecular flexibility index (Phi) is 5.36. The number of rotatable bonds is 6. The van der Waals surface area contributed by atoms with Crippen LogP contribution in [0.2, 0.25) is 5.02 Å². The molecule has 1 N–H and O–H groups in total. The molecule has 0 spiro atoms. The Morgan fingerprint density at radius 3 is 2.94 bits per heavy atom. The van der Waals surface area contributed by atoms with Crippen molar-refractivity contribution in [3.05, 3.63) is 41.4 Å². The summed E-state index contributed by atoms with van der Waals surface area (Å²) in [6.07, 6.45) is 2.86. The molecule has 3 heteroatoms. The third-order valence-corrected chi connectivity index (χ3v) is 2.64. The van der Waals surface area contributed by atoms with Crippen molar-refractivity contribution in [2.75, 3.05) is 7.11 Å². The SMILES string of the molecule is C=CCC(C)NCc1cc(Cl)ccc1OC. The molecule has 0 fully saturated rings. The van der Waals surface area contributed by atoms with Gasteiger partial charge in [0.2, 0.25) is 0 Å². The van der Waals surface area contributed by atoms with Gasteiger partial charge in [-0.25, -0.2) is 0 Å². The van der Waals surface area contributed by atoms with Crippen LogP contribution in [0.3, 0.4) is 0 Å². The standard InChI is InChI=1S/C13H18ClNO/c1-4-5-10(2)15-9-11-8-12(14)6-7-13(11)16-3/h4,6-8,10,15H,1,5,9H2,2-3H3. The van der Waals surface area contributed by atoms with E-state index in [0.29, 0.717) is 6.04 Å². The number of benzene rings is 1. The van der Waals surface area contributed by atoms with E-state index >= 15 is 0 Å². The zero-order valence-electron chi connectivity index (χ0n) is 9.79. The van der Waals surface area contributed by atoms with Crippen LogP contribution < -0.4 is 10.1 Å². The van der Waals surface area contributed by atoms with E-state index in [4.69, 9.17) is 16.3 Å². The minimum Gasteiger partial charge on any atom is -0.496 e. The lowest BCUT2D eigenvalue weighted by Crippen LogP contribution is -2.24. The Labute approximate surface area is 102 Å². The van der Waals surface area contributed by atoms with Crippen molar-refractivity contribution in [3.8, 4) is 5.75 Å². The van der Waals surface area contributed by atoms with Crippen molar-refractivity contribution >= 4 is 11.6 Å². The van der Waals surface area contributed by atoms with E-state index in [2.05, 4.69) is 18.8 Å². The Hall–Kier alpha value is -0.990. The molecule has 0 radical (unpaired) electrons. The number of methoxy groups -OCH3 is 1. The molecule has 1 atom stereocenters. The maximum atomic E-state index is 5.95. The summed E-state index contributed by atoms with van der Waals surface area (Å²) >= 11 is 5.95. The van der Waals surface area contributed by atoms with Crippen molar-refractivity contribution < 1.29 is 4.74 Å². The van der Waals surface area contributed by atoms with Crippen LogP contribution >= 0.6 is 11.6 Å². The van der Waals surface area contributed by atoms with Crippen LogP contribution in [0.4, 0.5) is 0 Å². The van der Waals surface area contributed by atoms with Crippen LogP contribution in [0.15, 0.2) is 30.9 Å². The second-order valence-corrected chi connectivity index (χ2v) is 4.20. The maximum absolute atomic E-state index is 5.95. The molecule has 2 nitrogen and oxygen atoms in total. The average molecular weight is 240 g/mol. The van der Waals surface area contributed by atoms with E-state index in [-0.39, 0.29) is 0 Å². The number of hydrogen-bond donors (Lipinski definition) is 1. The molecular weight excluding hydrogens is 222 g/mol. The molecule has 1 aromatic rings. The predicted molar refractivity (Wildman–Crippen MR) is 69.1 cm³/mol. The summed E-state index contributed by atoms with van der Waals surface area (Å²) in [5, 5.41) is 4.12. The van der Waals surface area contributed by atoms with E-state index in [0.717, 1.165) is 29.3 Å². The summed E-state index contributed by atoms with van der Waals surface area (Å²) in [5.41, 5.74) is 1.07. The van der Waals surface area contributed by atoms with Crippen LogP contribution in [0.25, 0.3) is 0 Å². The molecule has 88 valence electrons. The quantitative estimate of drug-likeness (QED) is 0.769. The van der Waals surface area contributed by atoms with Gasteiger partial charge in [-0.05, 0) is 31.5 Å². The van der Waals surface area contributed by atoms with Gasteiger partial charge in [0.1, 0.15) is 5.75 Å². The van der Waals surface area contributed by atoms with Gasteiger partial charge in [0.25, 0.3) is 0 Å². The van der Waals surface area contributed by atoms with Gasteiger partial charge >= 0.3 is 0 Å². The molecule has 0 amide bonds. The third-order valence-electron chi connectivity index (χ3n) is 2.40. The van der Waals surface area contributed by atoms with E-state index in [1.807, 2.05) is 24.3 Å². The minimum atomic E-state index is 0.404. The van der Waals surface area contributed by atoms with Crippen LogP contribution in [0.1, 0.15) is 18.9 Å². The summed E-state index contributed by atoms with van der Waals surface area (Å²) in [6, 6.07) is 6.05. The van der Waals surface area contributed by atoms with Gasteiger partial charge in [-0.3, -0.25) is 0 Å². The highest BCUT2D eigenvalue weighted by Crippen LogP contribution is 2.22. The van der Waals surface area contributed by atoms with Crippen molar-refractivity contribution in [3.63, 3.8) is 0 Å². The first kappa shape index (κ1) is 13.1. The zero-order chi connectivity index (χ0) is 12.0. The topological polar surface area (TPSA) is 21.3 Å². The van der Waals surface area contributed by atoms with Gasteiger partial charge in [0, 0.05) is 23.2 Å². The molecule has 1 unspecified atom stereocenters. The van der Waals surface area contributed by atoms with Gasteiger partial charge in [0.15, 0.2) is 0 Å². The highest BCUT2D eigenvalue weighted by atomic mass is 35.5. The minimum absolute atomic E-state index is 0.404. The van der Waals surface area contributed by atoms with Crippen LogP contribution in [-0.4, -0.2) is 13.2 Å². The van der Waals surface area contributed by atoms with Crippen molar-refractivity contribution in [2.45, 2.75) is 25.9 Å². The monoisotopic (exact) mass is 239 g/mol. The lowest BCUT2D eigenvalue weighted by molar-refractivity contribution is 0.406. The van der Waals surface area contributed by atoms with Crippen LogP contribution in [0.5, 0.6) is 5.75 Å². The first-order valence-corrected chi connectivity index (χ1v) is 5.72. The Bertz CT molecular complexity index is 352. The van der Waals surface area contributed by atoms with Crippen molar-refractivity contribution in [2.24, 2.45) is 0 Å². The molecule has 0 saturated carbocycles. The van der Waals surface area contributed by atoms with Crippen LogP contribution in [-0.2, 0) is 6.54 Å². The molecule has 1 aromatic carbocycles. The predicted octanol–water partition coefficient (Wildman–Crippen LogP) is 3.40. The second-order valence-electron chi connectivity index (χ2n) is 3.76. The zero-order valence-corrected chi connectivity index (χ0v) is 10.6. The summed E-state index contributed by atoms with van der Waals surface area (Å²) in [4.78, 5) is 0. The lowest BCUT2D eigenvalue weighted by Gasteiger charge is -2.14. The smallest absolute Gasteiger partial charge is 0.123 e. The van der Waals surface area contributed by atoms with E-state index in [1.165, 1.54) is 0 Å². The number of ether oxygens (including phenoxy) is 1. The maximum Gasteiger partial charge on any atom is 0.123 e. The largest absolute Gasteiger partial charge is 0.496 e. The molecule has 0 aliphatic carbocycles. The van der Waals surface area contributed by atoms with Gasteiger partial charge in [-0.1, -0.05) is 17.7 Å². The fraction of sp³-hybridized carbons (Fsp3) is 0.385. The summed E-state index contributed by atoms with van der Waals surface area (Å²) in [6.45, 7) is 6.59. The fourth-order valence-electron chi connectivity index (χ4n) is 1.50. The number of hydrogen-bond acceptors (Lipinski definition) is 2. The molecule has 0 aromatic heterocycles. The summed E-state index contributed by atoms with van der Waals surface area (Å²) in [7, 11) is 1.67. The lowest BCUT2D eigenvalue weighted by atomic mass is 10.1. The van der Waals surface area contributed by atoms with Crippen molar-refractivity contribution in [1.29, 1.82) is 0 Å². The highest BCUT2D eigenvalue weighted by molar-refractivity contribution is 6.30. The molecular formula is C13H18ClNO. The highest BCUT2D eigenvalue weighted by Gasteiger charge is 2.05. The molecule has 0 saturated heterocycles. The Morgan fingerprint density at radius 2 is 2.31 bits per heavy atom. The molecule has 0 heterocycles. The van der Waals surface area contributed by atoms with Crippen molar-refractivity contribution in [1.82, 2.24) is 5.32 Å². The summed E-state index contributed by atoms with van der Waals surface area (Å²) < 4.78 is 5.27. The average Bonchev–Trinajstić information content (AvgIpc) is 2.27. The molecule has 0 aliphatic rings. The van der Waals surface area contributed by atoms with E-state index in [9.17, 15) is 0 Å². The fourth-order valence-corrected chi connectivity index (χ4v) is 1.70. The molecule has 0 bridgehead atoms. The molecule has 16 heavy (non-hydrogen) atoms. The van der Waals surface area contributed by atoms with Crippen LogP contribution in [0, 0.1) is 0 Å². The molecule has 0 aliphatic heterocycles. The van der Waals surface area contributed by atoms with Gasteiger partial charge in [-0.15, -0.1) is 6.58 Å². The first-order valence-electron chi connectivity index (χ1n) is 5.34. The van der Waals surface area contributed by atoms with E-state index in [1.54, 1.807) is 7.11 Å². The third kappa shape index (κ3) is 3.87. The number of nitrogens with one attached hydrogen (secondary N) is 1. The normalized spacial score (nSPS) is 12.2. The first-order chi connectivity index (χ1) is 7.67. The van der Waals surface area contributed by atoms with Gasteiger partial charge in [-0.2, -0.15) is 0 Å². The van der Waals surface area contributed by atoms with Gasteiger partial charge in [0.05, 0.1) is 7.11 Å². The summed E-state index contributed by atoms with van der Waals surface area (Å²) in [5.74, 6) is 0.864. The number of halogens is 1. The second kappa shape index (κ2) is 6.56. The van der Waals surface area contributed by atoms with Gasteiger partial charge < -0.3 is 10.1 Å².